The lowest BCUT2D eigenvalue weighted by Crippen LogP contribution is -2.22. The molecule has 44 heavy (non-hydrogen) atoms. The second kappa shape index (κ2) is 16.7. The molecule has 0 spiro atoms. The molecule has 7 nitrogen and oxygen atoms in total. The molecule has 228 valence electrons. The summed E-state index contributed by atoms with van der Waals surface area (Å²) in [6.45, 7) is 7.82. The van der Waals surface area contributed by atoms with Gasteiger partial charge in [0.2, 0.25) is 0 Å². The summed E-state index contributed by atoms with van der Waals surface area (Å²) >= 11 is 0. The number of benzene rings is 3. The average Bonchev–Trinajstić information content (AvgIpc) is 3.05. The first-order valence-corrected chi connectivity index (χ1v) is 14.9. The van der Waals surface area contributed by atoms with Crippen molar-refractivity contribution >= 4 is 30.1 Å². The van der Waals surface area contributed by atoms with Crippen molar-refractivity contribution in [3.63, 3.8) is 0 Å². The van der Waals surface area contributed by atoms with Crippen LogP contribution in [0, 0.1) is 0 Å². The van der Waals surface area contributed by atoms with Crippen LogP contribution in [0.2, 0.25) is 0 Å². The summed E-state index contributed by atoms with van der Waals surface area (Å²) in [7, 11) is 0. The van der Waals surface area contributed by atoms with Gasteiger partial charge in [0, 0.05) is 18.1 Å². The fourth-order valence-corrected chi connectivity index (χ4v) is 4.69. The summed E-state index contributed by atoms with van der Waals surface area (Å²) < 4.78 is 21.5. The molecule has 1 saturated carbocycles. The van der Waals surface area contributed by atoms with Crippen molar-refractivity contribution in [1.82, 2.24) is 0 Å². The fourth-order valence-electron chi connectivity index (χ4n) is 4.69. The molecule has 0 radical (unpaired) electrons. The zero-order valence-electron chi connectivity index (χ0n) is 24.9. The van der Waals surface area contributed by atoms with Crippen molar-refractivity contribution in [2.24, 2.45) is 0 Å². The first kappa shape index (κ1) is 32.0. The van der Waals surface area contributed by atoms with Gasteiger partial charge in [-0.25, -0.2) is 9.59 Å². The summed E-state index contributed by atoms with van der Waals surface area (Å²) in [6, 6.07) is 23.2. The molecule has 3 aromatic carbocycles. The number of rotatable bonds is 14. The summed E-state index contributed by atoms with van der Waals surface area (Å²) in [5.41, 5.74) is 4.21. The zero-order chi connectivity index (χ0) is 31.1. The SMILES string of the molecule is C=CC(=O)OCCCOc1ccc(-c2ccc(/C=C/c3ccc(OC(=O)C(=C)CC(=O)OC4CCCCC4)cc3)cc2)cc1. The molecule has 1 aliphatic rings. The van der Waals surface area contributed by atoms with E-state index in [1.54, 1.807) is 12.1 Å². The number of carbonyl (C=O) groups is 3. The third-order valence-electron chi connectivity index (χ3n) is 7.12. The molecule has 7 heteroatoms. The number of ether oxygens (including phenoxy) is 4. The van der Waals surface area contributed by atoms with E-state index < -0.39 is 17.9 Å². The molecule has 0 saturated heterocycles. The number of hydrogen-bond acceptors (Lipinski definition) is 7. The van der Waals surface area contributed by atoms with E-state index in [0.717, 1.165) is 59.8 Å². The van der Waals surface area contributed by atoms with Crippen LogP contribution in [0.25, 0.3) is 23.3 Å². The van der Waals surface area contributed by atoms with Gasteiger partial charge in [0.05, 0.1) is 19.6 Å². The molecule has 0 aromatic heterocycles. The highest BCUT2D eigenvalue weighted by molar-refractivity contribution is 5.94. The quantitative estimate of drug-likeness (QED) is 0.0620. The van der Waals surface area contributed by atoms with Gasteiger partial charge in [-0.15, -0.1) is 0 Å². The van der Waals surface area contributed by atoms with Gasteiger partial charge in [-0.3, -0.25) is 4.79 Å². The average molecular weight is 595 g/mol. The molecule has 0 heterocycles. The van der Waals surface area contributed by atoms with Gasteiger partial charge >= 0.3 is 17.9 Å². The fraction of sp³-hybridized carbons (Fsp3) is 0.270. The van der Waals surface area contributed by atoms with Crippen molar-refractivity contribution in [1.29, 1.82) is 0 Å². The van der Waals surface area contributed by atoms with Crippen molar-refractivity contribution in [2.75, 3.05) is 13.2 Å². The van der Waals surface area contributed by atoms with Crippen LogP contribution in [0.1, 0.15) is 56.1 Å². The second-order valence-electron chi connectivity index (χ2n) is 10.5. The minimum Gasteiger partial charge on any atom is -0.493 e. The van der Waals surface area contributed by atoms with Crippen LogP contribution in [0.3, 0.4) is 0 Å². The predicted molar refractivity (Wildman–Crippen MR) is 171 cm³/mol. The highest BCUT2D eigenvalue weighted by atomic mass is 16.5. The van der Waals surface area contributed by atoms with Crippen LogP contribution in [0.15, 0.2) is 97.6 Å². The first-order chi connectivity index (χ1) is 21.4. The Morgan fingerprint density at radius 2 is 1.32 bits per heavy atom. The topological polar surface area (TPSA) is 88.1 Å². The number of carbonyl (C=O) groups excluding carboxylic acids is 3. The summed E-state index contributed by atoms with van der Waals surface area (Å²) in [5.74, 6) is -0.375. The van der Waals surface area contributed by atoms with Gasteiger partial charge < -0.3 is 18.9 Å². The maximum atomic E-state index is 12.4. The van der Waals surface area contributed by atoms with Crippen LogP contribution in [-0.2, 0) is 23.9 Å². The Hall–Kier alpha value is -4.91. The Bertz CT molecular complexity index is 1450. The Balaban J connectivity index is 1.21. The molecule has 0 amide bonds. The second-order valence-corrected chi connectivity index (χ2v) is 10.5. The Morgan fingerprint density at radius 1 is 0.750 bits per heavy atom. The van der Waals surface area contributed by atoms with E-state index in [1.165, 1.54) is 6.42 Å². The number of hydrogen-bond donors (Lipinski definition) is 0. The Kier molecular flexibility index (Phi) is 12.1. The van der Waals surface area contributed by atoms with Crippen molar-refractivity contribution in [3.05, 3.63) is 109 Å². The maximum Gasteiger partial charge on any atom is 0.339 e. The maximum absolute atomic E-state index is 12.4. The van der Waals surface area contributed by atoms with E-state index in [9.17, 15) is 14.4 Å². The van der Waals surface area contributed by atoms with Gasteiger partial charge in [-0.2, -0.15) is 0 Å². The Morgan fingerprint density at radius 3 is 1.93 bits per heavy atom. The minimum absolute atomic E-state index is 0.0577. The van der Waals surface area contributed by atoms with Gasteiger partial charge in [0.15, 0.2) is 0 Å². The normalized spacial score (nSPS) is 13.2. The van der Waals surface area contributed by atoms with Gasteiger partial charge in [-0.05, 0) is 72.2 Å². The van der Waals surface area contributed by atoms with E-state index in [4.69, 9.17) is 18.9 Å². The molecule has 1 fully saturated rings. The van der Waals surface area contributed by atoms with Gasteiger partial charge in [0.25, 0.3) is 0 Å². The van der Waals surface area contributed by atoms with E-state index in [2.05, 4.69) is 25.3 Å². The molecule has 3 aromatic rings. The highest BCUT2D eigenvalue weighted by Crippen LogP contribution is 2.24. The molecule has 0 unspecified atom stereocenters. The van der Waals surface area contributed by atoms with Gasteiger partial charge in [0.1, 0.15) is 17.6 Å². The third-order valence-corrected chi connectivity index (χ3v) is 7.12. The van der Waals surface area contributed by atoms with E-state index in [0.29, 0.717) is 25.4 Å². The van der Waals surface area contributed by atoms with Crippen molar-refractivity contribution < 1.29 is 33.3 Å². The molecule has 1 aliphatic carbocycles. The van der Waals surface area contributed by atoms with Crippen molar-refractivity contribution in [2.45, 2.75) is 51.0 Å². The van der Waals surface area contributed by atoms with Crippen molar-refractivity contribution in [3.8, 4) is 22.6 Å². The smallest absolute Gasteiger partial charge is 0.339 e. The lowest BCUT2D eigenvalue weighted by atomic mass is 9.98. The van der Waals surface area contributed by atoms with E-state index >= 15 is 0 Å². The lowest BCUT2D eigenvalue weighted by molar-refractivity contribution is -0.150. The summed E-state index contributed by atoms with van der Waals surface area (Å²) in [6.07, 6.45) is 10.5. The zero-order valence-corrected chi connectivity index (χ0v) is 24.9. The molecule has 0 atom stereocenters. The van der Waals surface area contributed by atoms with Crippen LogP contribution < -0.4 is 9.47 Å². The molecular formula is C37H38O7. The highest BCUT2D eigenvalue weighted by Gasteiger charge is 2.20. The molecule has 0 N–H and O–H groups in total. The Labute approximate surface area is 258 Å². The molecule has 0 bridgehead atoms. The van der Waals surface area contributed by atoms with E-state index in [-0.39, 0.29) is 18.1 Å². The van der Waals surface area contributed by atoms with Crippen LogP contribution in [0.5, 0.6) is 11.5 Å². The lowest BCUT2D eigenvalue weighted by Gasteiger charge is -2.21. The predicted octanol–water partition coefficient (Wildman–Crippen LogP) is 7.75. The minimum atomic E-state index is -0.639. The first-order valence-electron chi connectivity index (χ1n) is 14.9. The van der Waals surface area contributed by atoms with Crippen LogP contribution >= 0.6 is 0 Å². The third kappa shape index (κ3) is 10.4. The van der Waals surface area contributed by atoms with Crippen LogP contribution in [-0.4, -0.2) is 37.2 Å². The summed E-state index contributed by atoms with van der Waals surface area (Å²) in [4.78, 5) is 35.6. The van der Waals surface area contributed by atoms with Gasteiger partial charge in [-0.1, -0.05) is 80.3 Å². The molecule has 4 rings (SSSR count). The van der Waals surface area contributed by atoms with E-state index in [1.807, 2.05) is 60.7 Å². The van der Waals surface area contributed by atoms with Crippen LogP contribution in [0.4, 0.5) is 0 Å². The molecular weight excluding hydrogens is 556 g/mol. The monoisotopic (exact) mass is 594 g/mol. The molecule has 0 aliphatic heterocycles. The number of esters is 3. The standard InChI is InChI=1S/C37H38O7/c1-3-35(38)42-25-7-24-41-32-22-18-31(19-23-32)30-16-12-28(13-17-30)10-11-29-14-20-34(21-15-29)44-37(40)27(2)26-36(39)43-33-8-5-4-6-9-33/h3,10-23,33H,1-2,4-9,24-26H2/b11-10+. The summed E-state index contributed by atoms with van der Waals surface area (Å²) in [5, 5.41) is 0. The largest absolute Gasteiger partial charge is 0.493 e.